The van der Waals surface area contributed by atoms with Crippen LogP contribution in [0.1, 0.15) is 22.3 Å². The second-order valence-electron chi connectivity index (χ2n) is 11.3. The summed E-state index contributed by atoms with van der Waals surface area (Å²) in [6, 6.07) is 63.2. The molecule has 222 valence electrons. The number of fused-ring (bicyclic) bond motifs is 2. The molecule has 0 saturated heterocycles. The third-order valence-corrected chi connectivity index (χ3v) is 16.7. The average molecular weight is 663 g/mol. The smallest absolute Gasteiger partial charge is 0.0261 e. The minimum Gasteiger partial charge on any atom is -0.120 e. The van der Waals surface area contributed by atoms with Crippen LogP contribution in [0.4, 0.5) is 0 Å². The van der Waals surface area contributed by atoms with Crippen molar-refractivity contribution < 1.29 is 0 Å². The predicted molar refractivity (Wildman–Crippen MR) is 207 cm³/mol. The van der Waals surface area contributed by atoms with Gasteiger partial charge in [0.25, 0.3) is 0 Å². The van der Waals surface area contributed by atoms with Crippen molar-refractivity contribution in [1.82, 2.24) is 0 Å². The third-order valence-electron chi connectivity index (χ3n) is 8.44. The van der Waals surface area contributed by atoms with Gasteiger partial charge in [-0.15, -0.1) is 23.5 Å². The maximum Gasteiger partial charge on any atom is 0.0261 e. The minimum atomic E-state index is -0.787. The lowest BCUT2D eigenvalue weighted by molar-refractivity contribution is 1.35. The highest BCUT2D eigenvalue weighted by atomic mass is 32.2. The maximum absolute atomic E-state index is 2.38. The predicted octanol–water partition coefficient (Wildman–Crippen LogP) is 10.5. The van der Waals surface area contributed by atoms with Crippen LogP contribution in [-0.4, -0.2) is 0 Å². The van der Waals surface area contributed by atoms with Crippen molar-refractivity contribution in [2.75, 3.05) is 0 Å². The number of hydrogen-bond donors (Lipinski definition) is 0. The maximum atomic E-state index is 2.38. The second kappa shape index (κ2) is 13.6. The molecule has 0 N–H and O–H groups in total. The van der Waals surface area contributed by atoms with Gasteiger partial charge in [-0.05, 0) is 59.3 Å². The van der Waals surface area contributed by atoms with Crippen molar-refractivity contribution >= 4 is 71.7 Å². The van der Waals surface area contributed by atoms with E-state index in [0.29, 0.717) is 0 Å². The highest BCUT2D eigenvalue weighted by Crippen LogP contribution is 2.64. The zero-order chi connectivity index (χ0) is 30.7. The summed E-state index contributed by atoms with van der Waals surface area (Å²) in [4.78, 5) is 0. The fourth-order valence-electron chi connectivity index (χ4n) is 6.36. The first-order valence-electron chi connectivity index (χ1n) is 15.6. The standard InChI is InChI=1S/C42H32P2S2/c1-5-19-33(20-6-1)43(34-21-7-2-8-22-34)41-39(37-27-15-13-17-31(37)29-45-41)40-38-28-16-14-18-32(38)30-46-42(40)44(35-23-9-3-10-24-35)36-25-11-4-12-26-36/h1-28H,29-30H2. The molecule has 2 heterocycles. The molecule has 0 saturated carbocycles. The first kappa shape index (κ1) is 29.7. The van der Waals surface area contributed by atoms with Gasteiger partial charge in [0.2, 0.25) is 0 Å². The lowest BCUT2D eigenvalue weighted by atomic mass is 9.89. The highest BCUT2D eigenvalue weighted by molar-refractivity contribution is 8.13. The summed E-state index contributed by atoms with van der Waals surface area (Å²) in [7, 11) is -1.57. The van der Waals surface area contributed by atoms with Crippen molar-refractivity contribution in [3.63, 3.8) is 0 Å². The summed E-state index contributed by atoms with van der Waals surface area (Å²) in [5.41, 5.74) is 8.48. The Morgan fingerprint density at radius 2 is 0.609 bits per heavy atom. The molecule has 2 aliphatic heterocycles. The Balaban J connectivity index is 1.50. The van der Waals surface area contributed by atoms with E-state index in [1.807, 2.05) is 0 Å². The Morgan fingerprint density at radius 3 is 0.935 bits per heavy atom. The van der Waals surface area contributed by atoms with E-state index in [4.69, 9.17) is 0 Å². The van der Waals surface area contributed by atoms with Crippen LogP contribution in [-0.2, 0) is 11.5 Å². The zero-order valence-electron chi connectivity index (χ0n) is 25.3. The summed E-state index contributed by atoms with van der Waals surface area (Å²) in [5, 5.41) is 5.59. The SMILES string of the molecule is c1ccc(P(C2=C(C3=C(P(c4ccccc4)c4ccccc4)SCc4ccccc43)c3ccccc3CS2)c2ccccc2)cc1. The quantitative estimate of drug-likeness (QED) is 0.156. The van der Waals surface area contributed by atoms with Gasteiger partial charge in [-0.3, -0.25) is 0 Å². The van der Waals surface area contributed by atoms with Crippen LogP contribution in [0.2, 0.25) is 0 Å². The minimum absolute atomic E-state index is 0.787. The van der Waals surface area contributed by atoms with Crippen LogP contribution in [0, 0.1) is 0 Å². The number of benzene rings is 6. The number of hydrogen-bond acceptors (Lipinski definition) is 2. The molecule has 0 fully saturated rings. The molecular weight excluding hydrogens is 631 g/mol. The lowest BCUT2D eigenvalue weighted by Gasteiger charge is -2.35. The van der Waals surface area contributed by atoms with Crippen LogP contribution in [0.3, 0.4) is 0 Å². The molecule has 0 amide bonds. The summed E-state index contributed by atoms with van der Waals surface area (Å²) >= 11 is 4.12. The largest absolute Gasteiger partial charge is 0.120 e. The summed E-state index contributed by atoms with van der Waals surface area (Å²) in [6.45, 7) is 0. The lowest BCUT2D eigenvalue weighted by Crippen LogP contribution is -2.18. The van der Waals surface area contributed by atoms with Crippen LogP contribution in [0.5, 0.6) is 0 Å². The normalized spacial score (nSPS) is 14.4. The molecule has 6 aromatic carbocycles. The van der Waals surface area contributed by atoms with Crippen molar-refractivity contribution in [2.24, 2.45) is 0 Å². The molecule has 0 bridgehead atoms. The molecule has 0 atom stereocenters. The average Bonchev–Trinajstić information content (AvgIpc) is 3.14. The van der Waals surface area contributed by atoms with Gasteiger partial charge < -0.3 is 0 Å². The molecule has 8 rings (SSSR count). The van der Waals surface area contributed by atoms with E-state index >= 15 is 0 Å². The van der Waals surface area contributed by atoms with Crippen LogP contribution >= 0.6 is 39.4 Å². The van der Waals surface area contributed by atoms with Crippen LogP contribution in [0.15, 0.2) is 179 Å². The van der Waals surface area contributed by atoms with Gasteiger partial charge >= 0.3 is 0 Å². The fourth-order valence-corrected chi connectivity index (χ4v) is 15.2. The highest BCUT2D eigenvalue weighted by Gasteiger charge is 2.35. The molecule has 0 nitrogen and oxygen atoms in total. The van der Waals surface area contributed by atoms with E-state index in [-0.39, 0.29) is 0 Å². The summed E-state index contributed by atoms with van der Waals surface area (Å²) < 4.78 is 3.01. The van der Waals surface area contributed by atoms with E-state index in [2.05, 4.69) is 193 Å². The number of rotatable bonds is 7. The van der Waals surface area contributed by atoms with E-state index in [1.54, 1.807) is 0 Å². The van der Waals surface area contributed by atoms with Crippen molar-refractivity contribution in [1.29, 1.82) is 0 Å². The van der Waals surface area contributed by atoms with Gasteiger partial charge in [0.1, 0.15) is 0 Å². The Bertz CT molecular complexity index is 1810. The molecule has 0 spiro atoms. The monoisotopic (exact) mass is 662 g/mol. The van der Waals surface area contributed by atoms with E-state index in [9.17, 15) is 0 Å². The van der Waals surface area contributed by atoms with Crippen molar-refractivity contribution in [2.45, 2.75) is 11.5 Å². The Kier molecular flexibility index (Phi) is 8.80. The van der Waals surface area contributed by atoms with Gasteiger partial charge in [-0.25, -0.2) is 0 Å². The van der Waals surface area contributed by atoms with Crippen LogP contribution in [0.25, 0.3) is 11.1 Å². The number of thioether (sulfide) groups is 2. The molecule has 0 aromatic heterocycles. The first-order valence-corrected chi connectivity index (χ1v) is 20.2. The fraction of sp³-hybridized carbons (Fsp3) is 0.0476. The second-order valence-corrected chi connectivity index (χ2v) is 18.1. The number of allylic oxidation sites excluding steroid dienone is 2. The Labute approximate surface area is 283 Å². The van der Waals surface area contributed by atoms with Gasteiger partial charge in [0.15, 0.2) is 0 Å². The van der Waals surface area contributed by atoms with Crippen LogP contribution < -0.4 is 21.2 Å². The first-order chi connectivity index (χ1) is 22.9. The van der Waals surface area contributed by atoms with E-state index in [1.165, 1.54) is 63.9 Å². The summed E-state index contributed by atoms with van der Waals surface area (Å²) in [6.07, 6.45) is 0. The van der Waals surface area contributed by atoms with Gasteiger partial charge in [0.05, 0.1) is 0 Å². The zero-order valence-corrected chi connectivity index (χ0v) is 28.7. The van der Waals surface area contributed by atoms with Gasteiger partial charge in [-0.1, -0.05) is 170 Å². The third kappa shape index (κ3) is 5.74. The van der Waals surface area contributed by atoms with Gasteiger partial charge in [0, 0.05) is 31.9 Å². The molecular formula is C42H32P2S2. The molecule has 0 aliphatic carbocycles. The Hall–Kier alpha value is -3.64. The van der Waals surface area contributed by atoms with Crippen molar-refractivity contribution in [3.8, 4) is 0 Å². The molecule has 6 aromatic rings. The topological polar surface area (TPSA) is 0 Å². The molecule has 2 aliphatic rings. The molecule has 0 radical (unpaired) electrons. The summed E-state index contributed by atoms with van der Waals surface area (Å²) in [5.74, 6) is 1.97. The molecule has 46 heavy (non-hydrogen) atoms. The van der Waals surface area contributed by atoms with Gasteiger partial charge in [-0.2, -0.15) is 0 Å². The molecule has 0 unspecified atom stereocenters. The van der Waals surface area contributed by atoms with E-state index < -0.39 is 15.8 Å². The van der Waals surface area contributed by atoms with Crippen molar-refractivity contribution in [3.05, 3.63) is 201 Å². The Morgan fingerprint density at radius 1 is 0.326 bits per heavy atom. The van der Waals surface area contributed by atoms with E-state index in [0.717, 1.165) is 11.5 Å². The molecule has 4 heteroatoms.